The molecule has 3 nitrogen and oxygen atoms in total. The van der Waals surface area contributed by atoms with Crippen molar-refractivity contribution in [3.05, 3.63) is 48.0 Å². The predicted octanol–water partition coefficient (Wildman–Crippen LogP) is 3.44. The van der Waals surface area contributed by atoms with Crippen molar-refractivity contribution in [2.45, 2.75) is 32.2 Å². The lowest BCUT2D eigenvalue weighted by atomic mass is 10.0. The molecule has 3 rings (SSSR count). The minimum Gasteiger partial charge on any atom is -0.334 e. The van der Waals surface area contributed by atoms with E-state index in [4.69, 9.17) is 0 Å². The summed E-state index contributed by atoms with van der Waals surface area (Å²) in [5.41, 5.74) is 0.807. The van der Waals surface area contributed by atoms with Gasteiger partial charge in [0, 0.05) is 24.7 Å². The molecule has 1 unspecified atom stereocenters. The molecule has 0 bridgehead atoms. The van der Waals surface area contributed by atoms with Crippen LogP contribution in [0.5, 0.6) is 0 Å². The Morgan fingerprint density at radius 1 is 1.23 bits per heavy atom. The number of nitrogens with zero attached hydrogens (tertiary/aromatic N) is 1. The van der Waals surface area contributed by atoms with E-state index in [0.29, 0.717) is 6.04 Å². The highest BCUT2D eigenvalue weighted by Gasteiger charge is 2.26. The Morgan fingerprint density at radius 3 is 2.77 bits per heavy atom. The van der Waals surface area contributed by atoms with Gasteiger partial charge in [-0.3, -0.25) is 4.79 Å². The van der Waals surface area contributed by atoms with Crippen LogP contribution in [0.4, 0.5) is 0 Å². The van der Waals surface area contributed by atoms with Gasteiger partial charge in [0.15, 0.2) is 0 Å². The molecule has 0 saturated carbocycles. The average Bonchev–Trinajstić information content (AvgIpc) is 3.09. The molecule has 1 N–H and O–H groups in total. The first-order valence-corrected chi connectivity index (χ1v) is 8.30. The van der Waals surface area contributed by atoms with E-state index in [9.17, 15) is 4.79 Å². The minimum absolute atomic E-state index is 0.174. The van der Waals surface area contributed by atoms with Crippen LogP contribution in [-0.2, 0) is 0 Å². The first-order valence-electron chi connectivity index (χ1n) is 8.30. The lowest BCUT2D eigenvalue weighted by Crippen LogP contribution is -2.42. The van der Waals surface area contributed by atoms with Crippen molar-refractivity contribution >= 4 is 16.7 Å². The van der Waals surface area contributed by atoms with Crippen LogP contribution in [0.25, 0.3) is 10.8 Å². The van der Waals surface area contributed by atoms with Crippen molar-refractivity contribution in [2.24, 2.45) is 0 Å². The fraction of sp³-hybridized carbons (Fsp3) is 0.421. The summed E-state index contributed by atoms with van der Waals surface area (Å²) in [7, 11) is 0. The molecule has 1 aliphatic rings. The van der Waals surface area contributed by atoms with Gasteiger partial charge in [0.25, 0.3) is 5.91 Å². The first-order chi connectivity index (χ1) is 10.8. The Balaban J connectivity index is 1.86. The van der Waals surface area contributed by atoms with Crippen LogP contribution in [0.3, 0.4) is 0 Å². The van der Waals surface area contributed by atoms with Gasteiger partial charge in [0.2, 0.25) is 0 Å². The number of benzene rings is 2. The second-order valence-corrected chi connectivity index (χ2v) is 6.06. The van der Waals surface area contributed by atoms with Gasteiger partial charge in [-0.2, -0.15) is 0 Å². The van der Waals surface area contributed by atoms with E-state index in [1.807, 2.05) is 30.3 Å². The molecule has 116 valence electrons. The molecule has 1 amide bonds. The normalized spacial score (nSPS) is 17.8. The molecule has 1 saturated heterocycles. The van der Waals surface area contributed by atoms with E-state index in [1.54, 1.807) is 0 Å². The summed E-state index contributed by atoms with van der Waals surface area (Å²) in [5.74, 6) is 0.174. The van der Waals surface area contributed by atoms with Crippen molar-refractivity contribution in [2.75, 3.05) is 19.6 Å². The van der Waals surface area contributed by atoms with Gasteiger partial charge in [0.1, 0.15) is 0 Å². The zero-order valence-corrected chi connectivity index (χ0v) is 13.2. The molecule has 1 fully saturated rings. The summed E-state index contributed by atoms with van der Waals surface area (Å²) in [5, 5.41) is 5.69. The molecule has 2 aromatic carbocycles. The number of fused-ring (bicyclic) bond motifs is 1. The summed E-state index contributed by atoms with van der Waals surface area (Å²) in [6.07, 6.45) is 3.24. The Morgan fingerprint density at radius 2 is 2.05 bits per heavy atom. The number of carbonyl (C=O) groups is 1. The van der Waals surface area contributed by atoms with E-state index < -0.39 is 0 Å². The van der Waals surface area contributed by atoms with Crippen LogP contribution in [0.15, 0.2) is 42.5 Å². The standard InChI is InChI=1S/C19H24N2O/c1-2-3-12-21(18-10-11-20-14-18)19(22)17-9-8-15-6-4-5-7-16(15)13-17/h4-9,13,18,20H,2-3,10-12,14H2,1H3. The summed E-state index contributed by atoms with van der Waals surface area (Å²) >= 11 is 0. The van der Waals surface area contributed by atoms with Crippen LogP contribution in [-0.4, -0.2) is 36.5 Å². The van der Waals surface area contributed by atoms with Gasteiger partial charge >= 0.3 is 0 Å². The number of hydrogen-bond donors (Lipinski definition) is 1. The van der Waals surface area contributed by atoms with Gasteiger partial charge in [-0.15, -0.1) is 0 Å². The zero-order valence-electron chi connectivity index (χ0n) is 13.2. The topological polar surface area (TPSA) is 32.3 Å². The molecule has 1 heterocycles. The van der Waals surface area contributed by atoms with Gasteiger partial charge in [-0.1, -0.05) is 43.7 Å². The van der Waals surface area contributed by atoms with Crippen molar-refractivity contribution < 1.29 is 4.79 Å². The van der Waals surface area contributed by atoms with E-state index in [1.165, 1.54) is 5.39 Å². The number of hydrogen-bond acceptors (Lipinski definition) is 2. The molecule has 0 spiro atoms. The second-order valence-electron chi connectivity index (χ2n) is 6.06. The van der Waals surface area contributed by atoms with Crippen LogP contribution in [0.2, 0.25) is 0 Å². The van der Waals surface area contributed by atoms with E-state index in [2.05, 4.69) is 29.3 Å². The Bertz CT molecular complexity index is 647. The predicted molar refractivity (Wildman–Crippen MR) is 91.2 cm³/mol. The van der Waals surface area contributed by atoms with Gasteiger partial charge in [-0.25, -0.2) is 0 Å². The third kappa shape index (κ3) is 3.14. The summed E-state index contributed by atoms with van der Waals surface area (Å²) < 4.78 is 0. The Hall–Kier alpha value is -1.87. The number of carbonyl (C=O) groups excluding carboxylic acids is 1. The van der Waals surface area contributed by atoms with E-state index in [0.717, 1.165) is 49.8 Å². The number of nitrogens with one attached hydrogen (secondary N) is 1. The summed E-state index contributed by atoms with van der Waals surface area (Å²) in [6.45, 7) is 4.96. The smallest absolute Gasteiger partial charge is 0.254 e. The lowest BCUT2D eigenvalue weighted by Gasteiger charge is -2.28. The lowest BCUT2D eigenvalue weighted by molar-refractivity contribution is 0.0689. The van der Waals surface area contributed by atoms with Gasteiger partial charge < -0.3 is 10.2 Å². The van der Waals surface area contributed by atoms with E-state index >= 15 is 0 Å². The number of unbranched alkanes of at least 4 members (excludes halogenated alkanes) is 1. The second kappa shape index (κ2) is 6.93. The molecule has 3 heteroatoms. The van der Waals surface area contributed by atoms with Crippen molar-refractivity contribution in [3.63, 3.8) is 0 Å². The molecule has 0 radical (unpaired) electrons. The van der Waals surface area contributed by atoms with Gasteiger partial charge in [-0.05, 0) is 42.3 Å². The third-order valence-electron chi connectivity index (χ3n) is 4.48. The molecule has 1 atom stereocenters. The Labute approximate surface area is 132 Å². The van der Waals surface area contributed by atoms with E-state index in [-0.39, 0.29) is 5.91 Å². The quantitative estimate of drug-likeness (QED) is 0.916. The maximum absolute atomic E-state index is 13.0. The fourth-order valence-corrected chi connectivity index (χ4v) is 3.17. The SMILES string of the molecule is CCCCN(C(=O)c1ccc2ccccc2c1)C1CCNC1. The number of rotatable bonds is 5. The number of amides is 1. The zero-order chi connectivity index (χ0) is 15.4. The molecular weight excluding hydrogens is 272 g/mol. The van der Waals surface area contributed by atoms with Crippen molar-refractivity contribution in [3.8, 4) is 0 Å². The third-order valence-corrected chi connectivity index (χ3v) is 4.48. The monoisotopic (exact) mass is 296 g/mol. The highest BCUT2D eigenvalue weighted by Crippen LogP contribution is 2.19. The highest BCUT2D eigenvalue weighted by atomic mass is 16.2. The first kappa shape index (κ1) is 15.0. The van der Waals surface area contributed by atoms with Crippen molar-refractivity contribution in [1.29, 1.82) is 0 Å². The molecule has 1 aliphatic heterocycles. The maximum atomic E-state index is 13.0. The Kier molecular flexibility index (Phi) is 4.74. The molecule has 2 aromatic rings. The highest BCUT2D eigenvalue weighted by molar-refractivity contribution is 5.98. The van der Waals surface area contributed by atoms with Crippen LogP contribution >= 0.6 is 0 Å². The maximum Gasteiger partial charge on any atom is 0.254 e. The summed E-state index contributed by atoms with van der Waals surface area (Å²) in [4.78, 5) is 15.1. The average molecular weight is 296 g/mol. The minimum atomic E-state index is 0.174. The molecule has 22 heavy (non-hydrogen) atoms. The van der Waals surface area contributed by atoms with Crippen LogP contribution in [0.1, 0.15) is 36.5 Å². The van der Waals surface area contributed by atoms with Crippen molar-refractivity contribution in [1.82, 2.24) is 10.2 Å². The largest absolute Gasteiger partial charge is 0.334 e. The summed E-state index contributed by atoms with van der Waals surface area (Å²) in [6, 6.07) is 14.6. The molecular formula is C19H24N2O. The molecule has 0 aliphatic carbocycles. The molecule has 0 aromatic heterocycles. The van der Waals surface area contributed by atoms with Crippen LogP contribution < -0.4 is 5.32 Å². The van der Waals surface area contributed by atoms with Crippen LogP contribution in [0, 0.1) is 0 Å². The van der Waals surface area contributed by atoms with Gasteiger partial charge in [0.05, 0.1) is 0 Å². The fourth-order valence-electron chi connectivity index (χ4n) is 3.17.